The summed E-state index contributed by atoms with van der Waals surface area (Å²) < 4.78 is 35.6. The molecule has 0 saturated heterocycles. The molecule has 0 radical (unpaired) electrons. The highest BCUT2D eigenvalue weighted by atomic mass is 79.9. The van der Waals surface area contributed by atoms with Gasteiger partial charge in [0.25, 0.3) is 0 Å². The minimum atomic E-state index is -4.06. The van der Waals surface area contributed by atoms with E-state index in [-0.39, 0.29) is 11.2 Å². The monoisotopic (exact) mass is 214 g/mol. The Balaban J connectivity index is 2.55. The molecule has 1 aliphatic rings. The summed E-state index contributed by atoms with van der Waals surface area (Å²) in [6, 6.07) is 0. The molecule has 0 fully saturated rings. The molecule has 0 N–H and O–H groups in total. The van der Waals surface area contributed by atoms with Crippen LogP contribution in [0, 0.1) is 5.92 Å². The topological polar surface area (TPSA) is 0 Å². The molecule has 0 aromatic rings. The Kier molecular flexibility index (Phi) is 2.08. The zero-order valence-corrected chi connectivity index (χ0v) is 6.61. The third-order valence-electron chi connectivity index (χ3n) is 1.45. The van der Waals surface area contributed by atoms with Crippen molar-refractivity contribution in [1.82, 2.24) is 0 Å². The van der Waals surface area contributed by atoms with Crippen molar-refractivity contribution in [3.63, 3.8) is 0 Å². The molecule has 0 amide bonds. The molecule has 0 bridgehead atoms. The highest BCUT2D eigenvalue weighted by Gasteiger charge is 2.40. The Morgan fingerprint density at radius 1 is 1.30 bits per heavy atom. The predicted octanol–water partition coefficient (Wildman–Crippen LogP) is 2.89. The first-order chi connectivity index (χ1) is 4.50. The van der Waals surface area contributed by atoms with Crippen LogP contribution in [0.15, 0.2) is 12.2 Å². The van der Waals surface area contributed by atoms with Crippen molar-refractivity contribution in [3.05, 3.63) is 12.2 Å². The molecule has 2 unspecified atom stereocenters. The van der Waals surface area contributed by atoms with Gasteiger partial charge in [-0.3, -0.25) is 0 Å². The van der Waals surface area contributed by atoms with Gasteiger partial charge in [-0.15, -0.1) is 0 Å². The van der Waals surface area contributed by atoms with E-state index in [0.717, 1.165) is 0 Å². The third-order valence-corrected chi connectivity index (χ3v) is 2.13. The van der Waals surface area contributed by atoms with E-state index in [4.69, 9.17) is 0 Å². The molecule has 1 rings (SSSR count). The Hall–Kier alpha value is 0.01000. The summed E-state index contributed by atoms with van der Waals surface area (Å²) in [5, 5.41) is 0. The highest BCUT2D eigenvalue weighted by Crippen LogP contribution is 2.36. The van der Waals surface area contributed by atoms with E-state index in [9.17, 15) is 13.2 Å². The molecule has 0 nitrogen and oxygen atoms in total. The average molecular weight is 215 g/mol. The second-order valence-electron chi connectivity index (χ2n) is 2.28. The van der Waals surface area contributed by atoms with Crippen LogP contribution in [0.3, 0.4) is 0 Å². The zero-order chi connectivity index (χ0) is 7.78. The summed E-state index contributed by atoms with van der Waals surface area (Å²) in [5.74, 6) is -1.24. The van der Waals surface area contributed by atoms with E-state index >= 15 is 0 Å². The summed E-state index contributed by atoms with van der Waals surface area (Å²) in [5.41, 5.74) is 0. The van der Waals surface area contributed by atoms with E-state index in [1.54, 1.807) is 0 Å². The standard InChI is InChI=1S/C6H6BrF3/c7-5-2-1-4(3-5)6(8,9)10/h1-2,4-5H,3H2. The van der Waals surface area contributed by atoms with Crippen molar-refractivity contribution in [2.45, 2.75) is 17.4 Å². The highest BCUT2D eigenvalue weighted by molar-refractivity contribution is 9.09. The Morgan fingerprint density at radius 2 is 1.90 bits per heavy atom. The van der Waals surface area contributed by atoms with Crippen molar-refractivity contribution >= 4 is 15.9 Å². The Labute approximate surface area is 65.2 Å². The first kappa shape index (κ1) is 8.11. The van der Waals surface area contributed by atoms with Gasteiger partial charge in [0, 0.05) is 4.83 Å². The van der Waals surface area contributed by atoms with Crippen LogP contribution in [-0.4, -0.2) is 11.0 Å². The molecule has 58 valence electrons. The summed E-state index contributed by atoms with van der Waals surface area (Å²) in [4.78, 5) is -0.0980. The number of hydrogen-bond donors (Lipinski definition) is 0. The second kappa shape index (κ2) is 2.57. The number of rotatable bonds is 0. The van der Waals surface area contributed by atoms with Gasteiger partial charge in [-0.25, -0.2) is 0 Å². The molecule has 0 aliphatic heterocycles. The van der Waals surface area contributed by atoms with E-state index < -0.39 is 12.1 Å². The molecule has 1 aliphatic carbocycles. The summed E-state index contributed by atoms with van der Waals surface area (Å²) in [7, 11) is 0. The number of halogens is 4. The van der Waals surface area contributed by atoms with Gasteiger partial charge < -0.3 is 0 Å². The fourth-order valence-electron chi connectivity index (χ4n) is 0.897. The fraction of sp³-hybridized carbons (Fsp3) is 0.667. The van der Waals surface area contributed by atoms with Gasteiger partial charge in [0.2, 0.25) is 0 Å². The molecule has 0 aromatic carbocycles. The minimum absolute atomic E-state index is 0.0980. The number of allylic oxidation sites excluding steroid dienone is 2. The van der Waals surface area contributed by atoms with Crippen LogP contribution in [0.4, 0.5) is 13.2 Å². The smallest absolute Gasteiger partial charge is 0.170 e. The second-order valence-corrected chi connectivity index (χ2v) is 3.46. The lowest BCUT2D eigenvalue weighted by Gasteiger charge is -2.12. The molecular formula is C6H6BrF3. The molecule has 0 aromatic heterocycles. The largest absolute Gasteiger partial charge is 0.395 e. The maximum absolute atomic E-state index is 11.9. The van der Waals surface area contributed by atoms with Gasteiger partial charge in [-0.05, 0) is 6.42 Å². The van der Waals surface area contributed by atoms with Crippen LogP contribution in [-0.2, 0) is 0 Å². The van der Waals surface area contributed by atoms with E-state index in [1.165, 1.54) is 12.2 Å². The van der Waals surface area contributed by atoms with Gasteiger partial charge in [-0.2, -0.15) is 13.2 Å². The lowest BCUT2D eigenvalue weighted by molar-refractivity contribution is -0.160. The van der Waals surface area contributed by atoms with Gasteiger partial charge in [-0.1, -0.05) is 28.1 Å². The molecule has 2 atom stereocenters. The van der Waals surface area contributed by atoms with Crippen LogP contribution in [0.1, 0.15) is 6.42 Å². The van der Waals surface area contributed by atoms with Crippen LogP contribution < -0.4 is 0 Å². The molecule has 0 saturated carbocycles. The average Bonchev–Trinajstić information content (AvgIpc) is 2.11. The first-order valence-electron chi connectivity index (χ1n) is 2.89. The first-order valence-corrected chi connectivity index (χ1v) is 3.81. The predicted molar refractivity (Wildman–Crippen MR) is 36.0 cm³/mol. The van der Waals surface area contributed by atoms with Crippen LogP contribution >= 0.6 is 15.9 Å². The zero-order valence-electron chi connectivity index (χ0n) is 5.03. The SMILES string of the molecule is FC(F)(F)C1C=CC(Br)C1. The quantitative estimate of drug-likeness (QED) is 0.430. The van der Waals surface area contributed by atoms with Gasteiger partial charge in [0.05, 0.1) is 5.92 Å². The third kappa shape index (κ3) is 1.75. The van der Waals surface area contributed by atoms with Gasteiger partial charge in [0.1, 0.15) is 0 Å². The normalized spacial score (nSPS) is 33.2. The van der Waals surface area contributed by atoms with Gasteiger partial charge >= 0.3 is 6.18 Å². The molecule has 10 heavy (non-hydrogen) atoms. The van der Waals surface area contributed by atoms with Crippen LogP contribution in [0.5, 0.6) is 0 Å². The fourth-order valence-corrected chi connectivity index (χ4v) is 1.48. The Morgan fingerprint density at radius 3 is 2.10 bits per heavy atom. The molecule has 0 spiro atoms. The van der Waals surface area contributed by atoms with Crippen molar-refractivity contribution in [1.29, 1.82) is 0 Å². The van der Waals surface area contributed by atoms with E-state index in [0.29, 0.717) is 0 Å². The molecular weight excluding hydrogens is 209 g/mol. The van der Waals surface area contributed by atoms with Crippen LogP contribution in [0.2, 0.25) is 0 Å². The van der Waals surface area contributed by atoms with Crippen LogP contribution in [0.25, 0.3) is 0 Å². The number of hydrogen-bond acceptors (Lipinski definition) is 0. The van der Waals surface area contributed by atoms with Crippen molar-refractivity contribution in [3.8, 4) is 0 Å². The van der Waals surface area contributed by atoms with E-state index in [1.807, 2.05) is 0 Å². The Bertz CT molecular complexity index is 150. The van der Waals surface area contributed by atoms with E-state index in [2.05, 4.69) is 15.9 Å². The lowest BCUT2D eigenvalue weighted by Crippen LogP contribution is -2.19. The minimum Gasteiger partial charge on any atom is -0.170 e. The summed E-state index contributed by atoms with van der Waals surface area (Å²) >= 11 is 3.08. The summed E-state index contributed by atoms with van der Waals surface area (Å²) in [6.45, 7) is 0. The summed E-state index contributed by atoms with van der Waals surface area (Å²) in [6.07, 6.45) is -1.17. The maximum Gasteiger partial charge on any atom is 0.395 e. The van der Waals surface area contributed by atoms with Gasteiger partial charge in [0.15, 0.2) is 0 Å². The lowest BCUT2D eigenvalue weighted by atomic mass is 10.1. The van der Waals surface area contributed by atoms with Crippen molar-refractivity contribution in [2.75, 3.05) is 0 Å². The number of alkyl halides is 4. The van der Waals surface area contributed by atoms with Crippen molar-refractivity contribution < 1.29 is 13.2 Å². The molecule has 4 heteroatoms. The molecule has 0 heterocycles. The maximum atomic E-state index is 11.9. The van der Waals surface area contributed by atoms with Crippen molar-refractivity contribution in [2.24, 2.45) is 5.92 Å².